The highest BCUT2D eigenvalue weighted by Gasteiger charge is 2.17. The van der Waals surface area contributed by atoms with Crippen LogP contribution in [0.15, 0.2) is 65.8 Å². The number of ketones is 1. The van der Waals surface area contributed by atoms with Crippen LogP contribution in [0.1, 0.15) is 33.1 Å². The Balaban J connectivity index is 1.61. The maximum absolute atomic E-state index is 12.6. The molecule has 0 saturated heterocycles. The number of aromatic nitrogens is 5. The molecular weight excluding hydrogens is 394 g/mol. The van der Waals surface area contributed by atoms with Crippen molar-refractivity contribution in [2.24, 2.45) is 0 Å². The fourth-order valence-electron chi connectivity index (χ4n) is 3.25. The molecule has 2 aromatic heterocycles. The van der Waals surface area contributed by atoms with Gasteiger partial charge >= 0.3 is 0 Å². The van der Waals surface area contributed by atoms with Crippen molar-refractivity contribution in [3.8, 4) is 5.69 Å². The number of rotatable bonds is 7. The summed E-state index contributed by atoms with van der Waals surface area (Å²) in [5, 5.41) is 14.0. The van der Waals surface area contributed by atoms with Crippen molar-refractivity contribution in [1.29, 1.82) is 0 Å². The predicted octanol–water partition coefficient (Wildman–Crippen LogP) is 4.41. The van der Waals surface area contributed by atoms with Crippen LogP contribution in [-0.4, -0.2) is 36.1 Å². The standard InChI is InChI=1S/C23H23N5OS/c1-16-9-11-19(12-10-16)21(29)15-30-23-25-24-22(14-27-18(3)13-17(2)26-27)28(23)20-7-5-4-6-8-20/h4-13H,14-15H2,1-3H3. The van der Waals surface area contributed by atoms with Crippen LogP contribution in [-0.2, 0) is 6.54 Å². The largest absolute Gasteiger partial charge is 0.293 e. The van der Waals surface area contributed by atoms with Crippen LogP contribution in [0.3, 0.4) is 0 Å². The third-order valence-electron chi connectivity index (χ3n) is 4.82. The lowest BCUT2D eigenvalue weighted by Gasteiger charge is -2.11. The van der Waals surface area contributed by atoms with E-state index in [1.54, 1.807) is 0 Å². The van der Waals surface area contributed by atoms with Gasteiger partial charge in [0.05, 0.1) is 11.4 Å². The number of benzene rings is 2. The first-order valence-electron chi connectivity index (χ1n) is 9.74. The van der Waals surface area contributed by atoms with Gasteiger partial charge in [0.2, 0.25) is 0 Å². The van der Waals surface area contributed by atoms with Gasteiger partial charge in [0.15, 0.2) is 16.8 Å². The summed E-state index contributed by atoms with van der Waals surface area (Å²) in [5.41, 5.74) is 4.85. The minimum Gasteiger partial charge on any atom is -0.293 e. The number of thioether (sulfide) groups is 1. The minimum absolute atomic E-state index is 0.0720. The van der Waals surface area contributed by atoms with E-state index in [9.17, 15) is 4.79 Å². The molecule has 0 saturated carbocycles. The molecule has 0 aliphatic rings. The van der Waals surface area contributed by atoms with E-state index < -0.39 is 0 Å². The van der Waals surface area contributed by atoms with Gasteiger partial charge in [-0.15, -0.1) is 10.2 Å². The van der Waals surface area contributed by atoms with Crippen molar-refractivity contribution in [1.82, 2.24) is 24.5 Å². The van der Waals surface area contributed by atoms with Crippen molar-refractivity contribution in [3.05, 3.63) is 89.0 Å². The number of hydrogen-bond donors (Lipinski definition) is 0. The Morgan fingerprint density at radius 2 is 1.70 bits per heavy atom. The third-order valence-corrected chi connectivity index (χ3v) is 5.74. The zero-order chi connectivity index (χ0) is 21.1. The smallest absolute Gasteiger partial charge is 0.196 e. The van der Waals surface area contributed by atoms with E-state index in [1.165, 1.54) is 11.8 Å². The predicted molar refractivity (Wildman–Crippen MR) is 118 cm³/mol. The highest BCUT2D eigenvalue weighted by atomic mass is 32.2. The van der Waals surface area contributed by atoms with E-state index in [1.807, 2.05) is 90.7 Å². The monoisotopic (exact) mass is 417 g/mol. The van der Waals surface area contributed by atoms with Gasteiger partial charge in [-0.2, -0.15) is 5.10 Å². The average molecular weight is 418 g/mol. The van der Waals surface area contributed by atoms with Crippen LogP contribution in [0.5, 0.6) is 0 Å². The fourth-order valence-corrected chi connectivity index (χ4v) is 4.12. The molecule has 0 amide bonds. The fraction of sp³-hybridized carbons (Fsp3) is 0.217. The Hall–Kier alpha value is -3.19. The van der Waals surface area contributed by atoms with Gasteiger partial charge in [-0.3, -0.25) is 14.0 Å². The highest BCUT2D eigenvalue weighted by Crippen LogP contribution is 2.24. The van der Waals surface area contributed by atoms with E-state index in [-0.39, 0.29) is 5.78 Å². The summed E-state index contributed by atoms with van der Waals surface area (Å²) < 4.78 is 3.92. The number of Topliss-reactive ketones (excluding diaryl/α,β-unsaturated/α-hetero) is 1. The normalized spacial score (nSPS) is 11.0. The van der Waals surface area contributed by atoms with Gasteiger partial charge < -0.3 is 0 Å². The zero-order valence-electron chi connectivity index (χ0n) is 17.2. The molecular formula is C23H23N5OS. The minimum atomic E-state index is 0.0720. The van der Waals surface area contributed by atoms with Crippen LogP contribution in [0, 0.1) is 20.8 Å². The summed E-state index contributed by atoms with van der Waals surface area (Å²) in [7, 11) is 0. The molecule has 0 unspecified atom stereocenters. The molecule has 4 aromatic rings. The molecule has 0 radical (unpaired) electrons. The summed E-state index contributed by atoms with van der Waals surface area (Å²) in [4.78, 5) is 12.6. The van der Waals surface area contributed by atoms with Crippen LogP contribution in [0.25, 0.3) is 5.69 Å². The van der Waals surface area contributed by atoms with E-state index in [2.05, 4.69) is 15.3 Å². The van der Waals surface area contributed by atoms with Crippen molar-refractivity contribution in [2.45, 2.75) is 32.5 Å². The summed E-state index contributed by atoms with van der Waals surface area (Å²) in [6.07, 6.45) is 0. The van der Waals surface area contributed by atoms with Crippen molar-refractivity contribution in [2.75, 3.05) is 5.75 Å². The van der Waals surface area contributed by atoms with Crippen molar-refractivity contribution >= 4 is 17.5 Å². The van der Waals surface area contributed by atoms with Crippen molar-refractivity contribution < 1.29 is 4.79 Å². The molecule has 30 heavy (non-hydrogen) atoms. The summed E-state index contributed by atoms with van der Waals surface area (Å²) >= 11 is 1.40. The van der Waals surface area contributed by atoms with Crippen LogP contribution in [0.2, 0.25) is 0 Å². The molecule has 0 aliphatic carbocycles. The summed E-state index contributed by atoms with van der Waals surface area (Å²) in [6, 6.07) is 19.7. The Morgan fingerprint density at radius 3 is 2.37 bits per heavy atom. The molecule has 2 heterocycles. The zero-order valence-corrected chi connectivity index (χ0v) is 18.1. The lowest BCUT2D eigenvalue weighted by atomic mass is 10.1. The van der Waals surface area contributed by atoms with Gasteiger partial charge in [-0.25, -0.2) is 0 Å². The van der Waals surface area contributed by atoms with Crippen LogP contribution >= 0.6 is 11.8 Å². The summed E-state index contributed by atoms with van der Waals surface area (Å²) in [6.45, 7) is 6.52. The summed E-state index contributed by atoms with van der Waals surface area (Å²) in [5.74, 6) is 1.15. The van der Waals surface area contributed by atoms with Gasteiger partial charge in [0.25, 0.3) is 0 Å². The maximum atomic E-state index is 12.6. The molecule has 2 aromatic carbocycles. The second-order valence-electron chi connectivity index (χ2n) is 7.23. The Morgan fingerprint density at radius 1 is 0.967 bits per heavy atom. The van der Waals surface area contributed by atoms with Gasteiger partial charge in [-0.1, -0.05) is 59.8 Å². The van der Waals surface area contributed by atoms with E-state index in [4.69, 9.17) is 0 Å². The van der Waals surface area contributed by atoms with Gasteiger partial charge in [-0.05, 0) is 39.0 Å². The Labute approximate surface area is 180 Å². The number of aryl methyl sites for hydroxylation is 3. The number of nitrogens with zero attached hydrogens (tertiary/aromatic N) is 5. The Kier molecular flexibility index (Phi) is 5.81. The van der Waals surface area contributed by atoms with Crippen molar-refractivity contribution in [3.63, 3.8) is 0 Å². The number of carbonyl (C=O) groups is 1. The molecule has 0 spiro atoms. The topological polar surface area (TPSA) is 65.6 Å². The molecule has 6 nitrogen and oxygen atoms in total. The number of para-hydroxylation sites is 1. The van der Waals surface area contributed by atoms with E-state index in [0.29, 0.717) is 23.0 Å². The molecule has 0 fully saturated rings. The second-order valence-corrected chi connectivity index (χ2v) is 8.17. The molecule has 0 N–H and O–H groups in total. The highest BCUT2D eigenvalue weighted by molar-refractivity contribution is 7.99. The third kappa shape index (κ3) is 4.36. The van der Waals surface area contributed by atoms with Gasteiger partial charge in [0.1, 0.15) is 6.54 Å². The molecule has 0 bridgehead atoms. The number of hydrogen-bond acceptors (Lipinski definition) is 5. The average Bonchev–Trinajstić information content (AvgIpc) is 3.29. The molecule has 7 heteroatoms. The van der Waals surface area contributed by atoms with Crippen LogP contribution in [0.4, 0.5) is 0 Å². The quantitative estimate of drug-likeness (QED) is 0.329. The number of carbonyl (C=O) groups excluding carboxylic acids is 1. The molecule has 4 rings (SSSR count). The SMILES string of the molecule is Cc1ccc(C(=O)CSc2nnc(Cn3nc(C)cc3C)n2-c2ccccc2)cc1. The van der Waals surface area contributed by atoms with Crippen LogP contribution < -0.4 is 0 Å². The van der Waals surface area contributed by atoms with E-state index >= 15 is 0 Å². The molecule has 152 valence electrons. The lowest BCUT2D eigenvalue weighted by molar-refractivity contribution is 0.102. The van der Waals surface area contributed by atoms with Gasteiger partial charge in [0, 0.05) is 16.9 Å². The second kappa shape index (κ2) is 8.67. The van der Waals surface area contributed by atoms with E-state index in [0.717, 1.165) is 28.5 Å². The maximum Gasteiger partial charge on any atom is 0.196 e. The molecule has 0 atom stereocenters. The first kappa shape index (κ1) is 20.1. The first-order valence-corrected chi connectivity index (χ1v) is 10.7. The first-order chi connectivity index (χ1) is 14.5. The molecule has 0 aliphatic heterocycles. The lowest BCUT2D eigenvalue weighted by Crippen LogP contribution is -2.11. The Bertz CT molecular complexity index is 1160.